The monoisotopic (exact) mass is 310 g/mol. The van der Waals surface area contributed by atoms with E-state index in [2.05, 4.69) is 5.32 Å². The predicted octanol–water partition coefficient (Wildman–Crippen LogP) is 0.964. The Bertz CT molecular complexity index is 522. The molecule has 1 aromatic carbocycles. The number of amides is 2. The van der Waals surface area contributed by atoms with Crippen molar-refractivity contribution in [2.75, 3.05) is 13.2 Å². The van der Waals surface area contributed by atoms with Crippen LogP contribution in [-0.2, 0) is 20.9 Å². The Balaban J connectivity index is 2.52. The average molecular weight is 310 g/mol. The van der Waals surface area contributed by atoms with Crippen LogP contribution in [0.25, 0.3) is 0 Å². The Morgan fingerprint density at radius 2 is 1.91 bits per heavy atom. The number of benzene rings is 1. The summed E-state index contributed by atoms with van der Waals surface area (Å²) in [5.41, 5.74) is 0.922. The molecule has 0 aromatic heterocycles. The number of carbonyl (C=O) groups excluding carboxylic acids is 2. The highest BCUT2D eigenvalue weighted by Crippen LogP contribution is 2.05. The normalized spacial score (nSPS) is 11.5. The summed E-state index contributed by atoms with van der Waals surface area (Å²) in [6, 6.07) is 7.72. The lowest BCUT2D eigenvalue weighted by atomic mass is 10.2. The molecule has 2 amide bonds. The summed E-state index contributed by atoms with van der Waals surface area (Å²) in [6.07, 6.45) is -0.0871. The Morgan fingerprint density at radius 3 is 2.41 bits per heavy atom. The first-order chi connectivity index (χ1) is 10.4. The Morgan fingerprint density at radius 1 is 1.27 bits per heavy atom. The molecule has 2 N–H and O–H groups in total. The zero-order valence-electron chi connectivity index (χ0n) is 12.3. The van der Waals surface area contributed by atoms with Crippen molar-refractivity contribution < 1.29 is 23.9 Å². The highest BCUT2D eigenvalue weighted by molar-refractivity contribution is 5.84. The number of carboxylic acid groups (broad SMARTS) is 1. The molecular formula is C15H19FN2O4. The van der Waals surface area contributed by atoms with Gasteiger partial charge in [0.25, 0.3) is 0 Å². The van der Waals surface area contributed by atoms with Crippen molar-refractivity contribution in [1.82, 2.24) is 10.2 Å². The molecule has 0 aliphatic heterocycles. The molecule has 0 radical (unpaired) electrons. The van der Waals surface area contributed by atoms with Crippen molar-refractivity contribution >= 4 is 17.8 Å². The fraction of sp³-hybridized carbons (Fsp3) is 0.400. The number of nitrogens with one attached hydrogen (secondary N) is 1. The van der Waals surface area contributed by atoms with Crippen LogP contribution in [0.1, 0.15) is 18.9 Å². The molecule has 1 unspecified atom stereocenters. The molecule has 0 fully saturated rings. The maximum Gasteiger partial charge on any atom is 0.328 e. The van der Waals surface area contributed by atoms with E-state index in [-0.39, 0.29) is 18.9 Å². The van der Waals surface area contributed by atoms with Crippen molar-refractivity contribution in [3.8, 4) is 0 Å². The van der Waals surface area contributed by atoms with Crippen LogP contribution in [0.2, 0.25) is 0 Å². The summed E-state index contributed by atoms with van der Waals surface area (Å²) in [5.74, 6) is -2.23. The molecule has 0 saturated carbocycles. The Labute approximate surface area is 127 Å². The van der Waals surface area contributed by atoms with Gasteiger partial charge in [0.15, 0.2) is 6.04 Å². The molecule has 1 rings (SSSR count). The van der Waals surface area contributed by atoms with Crippen molar-refractivity contribution in [3.63, 3.8) is 0 Å². The molecule has 0 spiro atoms. The molecule has 1 aromatic rings. The van der Waals surface area contributed by atoms with Crippen molar-refractivity contribution in [2.45, 2.75) is 25.9 Å². The van der Waals surface area contributed by atoms with E-state index in [0.717, 1.165) is 5.56 Å². The van der Waals surface area contributed by atoms with E-state index in [1.54, 1.807) is 0 Å². The van der Waals surface area contributed by atoms with Gasteiger partial charge in [-0.05, 0) is 5.56 Å². The van der Waals surface area contributed by atoms with Gasteiger partial charge in [0, 0.05) is 26.4 Å². The second kappa shape index (κ2) is 8.76. The largest absolute Gasteiger partial charge is 0.480 e. The third kappa shape index (κ3) is 5.90. The van der Waals surface area contributed by atoms with Crippen LogP contribution in [-0.4, -0.2) is 47.1 Å². The molecule has 7 heteroatoms. The van der Waals surface area contributed by atoms with Gasteiger partial charge in [0.1, 0.15) is 6.67 Å². The van der Waals surface area contributed by atoms with E-state index in [1.807, 2.05) is 30.3 Å². The number of halogens is 1. The molecule has 0 heterocycles. The highest BCUT2D eigenvalue weighted by Gasteiger charge is 2.20. The van der Waals surface area contributed by atoms with Gasteiger partial charge in [-0.1, -0.05) is 30.3 Å². The summed E-state index contributed by atoms with van der Waals surface area (Å²) < 4.78 is 12.4. The number of hydrogen-bond acceptors (Lipinski definition) is 3. The van der Waals surface area contributed by atoms with Gasteiger partial charge >= 0.3 is 5.97 Å². The molecule has 6 nitrogen and oxygen atoms in total. The zero-order valence-corrected chi connectivity index (χ0v) is 12.3. The molecule has 120 valence electrons. The second-order valence-electron chi connectivity index (χ2n) is 4.79. The van der Waals surface area contributed by atoms with Crippen LogP contribution in [0.3, 0.4) is 0 Å². The maximum atomic E-state index is 12.4. The van der Waals surface area contributed by atoms with E-state index in [9.17, 15) is 18.8 Å². The van der Waals surface area contributed by atoms with Crippen LogP contribution in [0.4, 0.5) is 4.39 Å². The van der Waals surface area contributed by atoms with E-state index in [0.29, 0.717) is 6.54 Å². The van der Waals surface area contributed by atoms with Crippen LogP contribution in [0.15, 0.2) is 30.3 Å². The van der Waals surface area contributed by atoms with Gasteiger partial charge in [-0.15, -0.1) is 0 Å². The van der Waals surface area contributed by atoms with E-state index >= 15 is 0 Å². The van der Waals surface area contributed by atoms with Gasteiger partial charge in [-0.2, -0.15) is 0 Å². The third-order valence-electron chi connectivity index (χ3n) is 3.06. The summed E-state index contributed by atoms with van der Waals surface area (Å²) >= 11 is 0. The topological polar surface area (TPSA) is 86.7 Å². The number of alkyl halides is 1. The molecule has 0 aliphatic carbocycles. The first-order valence-electron chi connectivity index (χ1n) is 6.81. The zero-order chi connectivity index (χ0) is 16.5. The SMILES string of the molecule is CC(=O)N(CCC(=O)NC(CF)C(=O)O)Cc1ccccc1. The fourth-order valence-electron chi connectivity index (χ4n) is 1.82. The minimum absolute atomic E-state index is 0.0871. The quantitative estimate of drug-likeness (QED) is 0.749. The van der Waals surface area contributed by atoms with Crippen LogP contribution in [0.5, 0.6) is 0 Å². The minimum atomic E-state index is -1.55. The molecule has 0 saturated heterocycles. The molecular weight excluding hydrogens is 291 g/mol. The summed E-state index contributed by atoms with van der Waals surface area (Å²) in [7, 11) is 0. The van der Waals surface area contributed by atoms with Gasteiger partial charge < -0.3 is 15.3 Å². The number of nitrogens with zero attached hydrogens (tertiary/aromatic N) is 1. The Kier molecular flexibility index (Phi) is 7.01. The fourth-order valence-corrected chi connectivity index (χ4v) is 1.82. The van der Waals surface area contributed by atoms with E-state index in [4.69, 9.17) is 5.11 Å². The van der Waals surface area contributed by atoms with E-state index < -0.39 is 24.6 Å². The lowest BCUT2D eigenvalue weighted by molar-refractivity contribution is -0.142. The van der Waals surface area contributed by atoms with Crippen LogP contribution >= 0.6 is 0 Å². The second-order valence-corrected chi connectivity index (χ2v) is 4.79. The first kappa shape index (κ1) is 17.6. The number of carbonyl (C=O) groups is 3. The number of rotatable bonds is 8. The third-order valence-corrected chi connectivity index (χ3v) is 3.06. The highest BCUT2D eigenvalue weighted by atomic mass is 19.1. The molecule has 0 bridgehead atoms. The molecule has 22 heavy (non-hydrogen) atoms. The average Bonchev–Trinajstić information content (AvgIpc) is 2.49. The maximum absolute atomic E-state index is 12.4. The Hall–Kier alpha value is -2.44. The number of hydrogen-bond donors (Lipinski definition) is 2. The number of aliphatic carboxylic acids is 1. The van der Waals surface area contributed by atoms with Gasteiger partial charge in [-0.25, -0.2) is 9.18 Å². The van der Waals surface area contributed by atoms with E-state index in [1.165, 1.54) is 11.8 Å². The van der Waals surface area contributed by atoms with Crippen molar-refractivity contribution in [3.05, 3.63) is 35.9 Å². The smallest absolute Gasteiger partial charge is 0.328 e. The summed E-state index contributed by atoms with van der Waals surface area (Å²) in [6.45, 7) is 0.702. The number of carboxylic acids is 1. The van der Waals surface area contributed by atoms with Gasteiger partial charge in [0.05, 0.1) is 0 Å². The van der Waals surface area contributed by atoms with Gasteiger partial charge in [-0.3, -0.25) is 9.59 Å². The molecule has 0 aliphatic rings. The minimum Gasteiger partial charge on any atom is -0.480 e. The van der Waals surface area contributed by atoms with Crippen LogP contribution in [0, 0.1) is 0 Å². The van der Waals surface area contributed by atoms with Crippen LogP contribution < -0.4 is 5.32 Å². The predicted molar refractivity (Wildman–Crippen MR) is 77.7 cm³/mol. The lowest BCUT2D eigenvalue weighted by Crippen LogP contribution is -2.43. The van der Waals surface area contributed by atoms with Crippen molar-refractivity contribution in [1.29, 1.82) is 0 Å². The summed E-state index contributed by atoms with van der Waals surface area (Å²) in [5, 5.41) is 10.7. The summed E-state index contributed by atoms with van der Waals surface area (Å²) in [4.78, 5) is 35.3. The molecule has 1 atom stereocenters. The first-order valence-corrected chi connectivity index (χ1v) is 6.81. The standard InChI is InChI=1S/C15H19FN2O4/c1-11(19)18(10-12-5-3-2-4-6-12)8-7-14(20)17-13(9-16)15(21)22/h2-6,13H,7-10H2,1H3,(H,17,20)(H,21,22). The van der Waals surface area contributed by atoms with Crippen molar-refractivity contribution in [2.24, 2.45) is 0 Å². The lowest BCUT2D eigenvalue weighted by Gasteiger charge is -2.21. The van der Waals surface area contributed by atoms with Gasteiger partial charge in [0.2, 0.25) is 11.8 Å².